The van der Waals surface area contributed by atoms with Crippen molar-refractivity contribution in [2.45, 2.75) is 50.8 Å². The van der Waals surface area contributed by atoms with Crippen LogP contribution >= 0.6 is 0 Å². The Morgan fingerprint density at radius 3 is 2.56 bits per heavy atom. The van der Waals surface area contributed by atoms with Gasteiger partial charge in [-0.25, -0.2) is 8.42 Å². The summed E-state index contributed by atoms with van der Waals surface area (Å²) in [6, 6.07) is 14.7. The van der Waals surface area contributed by atoms with Gasteiger partial charge in [0.2, 0.25) is 21.8 Å². The zero-order chi connectivity index (χ0) is 23.1. The molecule has 3 rings (SSSR count). The Morgan fingerprint density at radius 2 is 1.84 bits per heavy atom. The molecule has 172 valence electrons. The van der Waals surface area contributed by atoms with E-state index in [9.17, 15) is 23.1 Å². The van der Waals surface area contributed by atoms with E-state index in [0.717, 1.165) is 18.4 Å². The topological polar surface area (TPSA) is 116 Å². The van der Waals surface area contributed by atoms with Crippen molar-refractivity contribution in [2.75, 3.05) is 6.54 Å². The summed E-state index contributed by atoms with van der Waals surface area (Å²) in [6.07, 6.45) is 1.11. The minimum atomic E-state index is -3.83. The Labute approximate surface area is 188 Å². The van der Waals surface area contributed by atoms with Crippen molar-refractivity contribution in [3.8, 4) is 0 Å². The van der Waals surface area contributed by atoms with Crippen LogP contribution in [0.5, 0.6) is 0 Å². The van der Waals surface area contributed by atoms with Crippen LogP contribution in [0.25, 0.3) is 0 Å². The molecule has 0 radical (unpaired) electrons. The molecule has 0 saturated carbocycles. The van der Waals surface area contributed by atoms with Crippen molar-refractivity contribution in [3.05, 3.63) is 71.3 Å². The molecule has 9 heteroatoms. The lowest BCUT2D eigenvalue weighted by Gasteiger charge is -2.34. The first-order chi connectivity index (χ1) is 15.3. The van der Waals surface area contributed by atoms with E-state index in [1.54, 1.807) is 54.6 Å². The summed E-state index contributed by atoms with van der Waals surface area (Å²) < 4.78 is 28.1. The number of aliphatic hydroxyl groups is 1. The number of aliphatic hydroxyl groups excluding tert-OH is 1. The molecule has 0 aliphatic carbocycles. The van der Waals surface area contributed by atoms with Gasteiger partial charge in [0, 0.05) is 6.54 Å². The summed E-state index contributed by atoms with van der Waals surface area (Å²) in [6.45, 7) is 1.90. The fraction of sp³-hybridized carbons (Fsp3) is 0.391. The molecule has 1 heterocycles. The predicted molar refractivity (Wildman–Crippen MR) is 120 cm³/mol. The lowest BCUT2D eigenvalue weighted by molar-refractivity contribution is -0.140. The molecular weight excluding hydrogens is 430 g/mol. The van der Waals surface area contributed by atoms with Gasteiger partial charge in [-0.15, -0.1) is 0 Å². The largest absolute Gasteiger partial charge is 0.374 e. The number of amides is 2. The Balaban J connectivity index is 1.75. The zero-order valence-electron chi connectivity index (χ0n) is 18.0. The molecule has 2 amide bonds. The lowest BCUT2D eigenvalue weighted by atomic mass is 9.95. The lowest BCUT2D eigenvalue weighted by Crippen LogP contribution is -2.50. The van der Waals surface area contributed by atoms with Crippen molar-refractivity contribution in [2.24, 2.45) is 0 Å². The van der Waals surface area contributed by atoms with Gasteiger partial charge in [0.15, 0.2) is 0 Å². The number of hydrogen-bond donors (Lipinski definition) is 3. The monoisotopic (exact) mass is 459 g/mol. The molecule has 0 fully saturated rings. The van der Waals surface area contributed by atoms with Crippen molar-refractivity contribution >= 4 is 21.8 Å². The van der Waals surface area contributed by atoms with Gasteiger partial charge in [-0.3, -0.25) is 9.59 Å². The normalized spacial score (nSPS) is 17.0. The Hall–Kier alpha value is -2.75. The Bertz CT molecular complexity index is 1040. The molecular formula is C23H29N3O5S. The highest BCUT2D eigenvalue weighted by molar-refractivity contribution is 7.88. The molecule has 8 nitrogen and oxygen atoms in total. The van der Waals surface area contributed by atoms with Crippen LogP contribution in [-0.2, 0) is 31.9 Å². The second kappa shape index (κ2) is 10.7. The first-order valence-electron chi connectivity index (χ1n) is 10.7. The van der Waals surface area contributed by atoms with Crippen LogP contribution in [0.3, 0.4) is 0 Å². The van der Waals surface area contributed by atoms with Crippen LogP contribution in [0, 0.1) is 0 Å². The first-order valence-corrected chi connectivity index (χ1v) is 12.3. The highest BCUT2D eigenvalue weighted by atomic mass is 32.2. The first kappa shape index (κ1) is 23.9. The van der Waals surface area contributed by atoms with E-state index in [0.29, 0.717) is 17.5 Å². The third-order valence-electron chi connectivity index (χ3n) is 5.28. The Morgan fingerprint density at radius 1 is 1.16 bits per heavy atom. The summed E-state index contributed by atoms with van der Waals surface area (Å²) >= 11 is 0. The number of nitrogens with one attached hydrogen (secondary N) is 2. The van der Waals surface area contributed by atoms with Crippen LogP contribution in [-0.4, -0.2) is 43.0 Å². The molecule has 2 unspecified atom stereocenters. The van der Waals surface area contributed by atoms with Gasteiger partial charge < -0.3 is 15.3 Å². The van der Waals surface area contributed by atoms with Gasteiger partial charge in [0.1, 0.15) is 18.8 Å². The van der Waals surface area contributed by atoms with Gasteiger partial charge in [-0.2, -0.15) is 4.72 Å². The summed E-state index contributed by atoms with van der Waals surface area (Å²) in [5.41, 5.74) is 1.95. The minimum Gasteiger partial charge on any atom is -0.374 e. The predicted octanol–water partition coefficient (Wildman–Crippen LogP) is 1.81. The molecule has 2 atom stereocenters. The zero-order valence-corrected chi connectivity index (χ0v) is 18.8. The molecule has 0 aromatic heterocycles. The van der Waals surface area contributed by atoms with Crippen molar-refractivity contribution in [3.63, 3.8) is 0 Å². The standard InChI is InChI=1S/C23H29N3O5S/c1-2-3-13-20(27)24-21(28)15-26-14-18-11-7-8-12-19(18)22(23(26)29)25-32(30,31)16-17-9-5-4-6-10-17/h4-12,20,22,25,27H,2-3,13-16H2,1H3,(H,24,28). The third-order valence-corrected chi connectivity index (χ3v) is 6.58. The van der Waals surface area contributed by atoms with Gasteiger partial charge in [0.05, 0.1) is 5.75 Å². The number of nitrogens with zero attached hydrogens (tertiary/aromatic N) is 1. The number of rotatable bonds is 10. The summed E-state index contributed by atoms with van der Waals surface area (Å²) in [5.74, 6) is -1.25. The van der Waals surface area contributed by atoms with Crippen LogP contribution in [0.1, 0.15) is 48.9 Å². The highest BCUT2D eigenvalue weighted by Gasteiger charge is 2.36. The number of carbonyl (C=O) groups excluding carboxylic acids is 2. The molecule has 2 aromatic carbocycles. The third kappa shape index (κ3) is 6.38. The molecule has 0 spiro atoms. The number of benzene rings is 2. The van der Waals surface area contributed by atoms with E-state index < -0.39 is 34.1 Å². The number of hydrogen-bond acceptors (Lipinski definition) is 5. The van der Waals surface area contributed by atoms with E-state index in [2.05, 4.69) is 10.0 Å². The average molecular weight is 460 g/mol. The maximum absolute atomic E-state index is 13.2. The van der Waals surface area contributed by atoms with Crippen LogP contribution in [0.4, 0.5) is 0 Å². The molecule has 0 bridgehead atoms. The van der Waals surface area contributed by atoms with Gasteiger partial charge in [0.25, 0.3) is 0 Å². The van der Waals surface area contributed by atoms with E-state index in [1.165, 1.54) is 4.90 Å². The molecule has 0 saturated heterocycles. The Kier molecular flexibility index (Phi) is 8.00. The fourth-order valence-electron chi connectivity index (χ4n) is 3.70. The van der Waals surface area contributed by atoms with Gasteiger partial charge in [-0.05, 0) is 29.5 Å². The SMILES string of the molecule is CCCCC(O)NC(=O)CN1Cc2ccccc2C(NS(=O)(=O)Cc2ccccc2)C1=O. The highest BCUT2D eigenvalue weighted by Crippen LogP contribution is 2.28. The van der Waals surface area contributed by atoms with Crippen LogP contribution in [0.15, 0.2) is 54.6 Å². The number of sulfonamides is 1. The molecule has 32 heavy (non-hydrogen) atoms. The number of carbonyl (C=O) groups is 2. The van der Waals surface area contributed by atoms with Crippen LogP contribution in [0.2, 0.25) is 0 Å². The van der Waals surface area contributed by atoms with E-state index in [4.69, 9.17) is 0 Å². The van der Waals surface area contributed by atoms with E-state index in [-0.39, 0.29) is 18.8 Å². The van der Waals surface area contributed by atoms with Gasteiger partial charge in [-0.1, -0.05) is 67.9 Å². The second-order valence-corrected chi connectivity index (χ2v) is 9.67. The number of unbranched alkanes of at least 4 members (excludes halogenated alkanes) is 1. The van der Waals surface area contributed by atoms with Gasteiger partial charge >= 0.3 is 0 Å². The number of fused-ring (bicyclic) bond motifs is 1. The summed E-state index contributed by atoms with van der Waals surface area (Å²) in [4.78, 5) is 26.8. The van der Waals surface area contributed by atoms with Crippen LogP contribution < -0.4 is 10.0 Å². The minimum absolute atomic E-state index is 0.185. The van der Waals surface area contributed by atoms with Crippen molar-refractivity contribution in [1.82, 2.24) is 14.9 Å². The molecule has 1 aliphatic heterocycles. The van der Waals surface area contributed by atoms with Crippen molar-refractivity contribution < 1.29 is 23.1 Å². The summed E-state index contributed by atoms with van der Waals surface area (Å²) in [5, 5.41) is 12.4. The smallest absolute Gasteiger partial charge is 0.246 e. The van der Waals surface area contributed by atoms with E-state index in [1.807, 2.05) is 6.92 Å². The average Bonchev–Trinajstić information content (AvgIpc) is 2.75. The fourth-order valence-corrected chi connectivity index (χ4v) is 5.00. The van der Waals surface area contributed by atoms with E-state index >= 15 is 0 Å². The molecule has 2 aromatic rings. The maximum Gasteiger partial charge on any atom is 0.246 e. The quantitative estimate of drug-likeness (QED) is 0.469. The summed E-state index contributed by atoms with van der Waals surface area (Å²) in [7, 11) is -3.83. The second-order valence-electron chi connectivity index (χ2n) is 7.91. The van der Waals surface area contributed by atoms with Crippen molar-refractivity contribution in [1.29, 1.82) is 0 Å². The molecule has 1 aliphatic rings. The maximum atomic E-state index is 13.2. The molecule has 3 N–H and O–H groups in total.